The standard InChI is InChI=1S/C15H16BrFN2O/c1-9(2)20-15-8-11(4-6-14(15)18)19-10-3-5-12(16)13(17)7-10/h3-9,19H,18H2,1-2H3. The Kier molecular flexibility index (Phi) is 4.49. The summed E-state index contributed by atoms with van der Waals surface area (Å²) >= 11 is 3.12. The summed E-state index contributed by atoms with van der Waals surface area (Å²) in [4.78, 5) is 0. The molecule has 0 unspecified atom stereocenters. The molecule has 2 aromatic rings. The van der Waals surface area contributed by atoms with E-state index in [1.807, 2.05) is 19.9 Å². The number of nitrogens with two attached hydrogens (primary N) is 1. The van der Waals surface area contributed by atoms with Crippen LogP contribution < -0.4 is 15.8 Å². The van der Waals surface area contributed by atoms with Gasteiger partial charge in [0.1, 0.15) is 11.6 Å². The molecule has 2 rings (SSSR count). The van der Waals surface area contributed by atoms with Crippen LogP contribution in [-0.4, -0.2) is 6.10 Å². The van der Waals surface area contributed by atoms with Gasteiger partial charge in [-0.05, 0) is 60.1 Å². The van der Waals surface area contributed by atoms with E-state index in [9.17, 15) is 4.39 Å². The van der Waals surface area contributed by atoms with Crippen LogP contribution in [0.4, 0.5) is 21.5 Å². The Balaban J connectivity index is 2.22. The summed E-state index contributed by atoms with van der Waals surface area (Å²) in [7, 11) is 0. The molecule has 20 heavy (non-hydrogen) atoms. The molecule has 0 radical (unpaired) electrons. The SMILES string of the molecule is CC(C)Oc1cc(Nc2ccc(Br)c(F)c2)ccc1N. The number of anilines is 3. The first-order valence-corrected chi connectivity index (χ1v) is 7.03. The molecule has 0 saturated carbocycles. The highest BCUT2D eigenvalue weighted by Crippen LogP contribution is 2.29. The van der Waals surface area contributed by atoms with Crippen molar-refractivity contribution >= 4 is 33.0 Å². The first-order valence-electron chi connectivity index (χ1n) is 6.24. The van der Waals surface area contributed by atoms with E-state index in [1.165, 1.54) is 6.07 Å². The molecule has 0 aliphatic rings. The Labute approximate surface area is 126 Å². The van der Waals surface area contributed by atoms with Gasteiger partial charge in [-0.25, -0.2) is 4.39 Å². The van der Waals surface area contributed by atoms with Crippen LogP contribution in [0.2, 0.25) is 0 Å². The lowest BCUT2D eigenvalue weighted by molar-refractivity contribution is 0.244. The third-order valence-corrected chi connectivity index (χ3v) is 3.23. The van der Waals surface area contributed by atoms with Crippen LogP contribution in [0.3, 0.4) is 0 Å². The molecule has 0 aromatic heterocycles. The maximum atomic E-state index is 13.5. The zero-order valence-electron chi connectivity index (χ0n) is 11.3. The number of nitrogens with one attached hydrogen (secondary N) is 1. The van der Waals surface area contributed by atoms with Crippen LogP contribution in [-0.2, 0) is 0 Å². The molecule has 5 heteroatoms. The van der Waals surface area contributed by atoms with E-state index < -0.39 is 0 Å². The van der Waals surface area contributed by atoms with Crippen molar-refractivity contribution in [3.05, 3.63) is 46.7 Å². The maximum absolute atomic E-state index is 13.5. The number of nitrogen functional groups attached to an aromatic ring is 1. The Bertz CT molecular complexity index is 617. The van der Waals surface area contributed by atoms with Crippen molar-refractivity contribution in [3.8, 4) is 5.75 Å². The number of halogens is 2. The Hall–Kier alpha value is -1.75. The largest absolute Gasteiger partial charge is 0.489 e. The highest BCUT2D eigenvalue weighted by Gasteiger charge is 2.06. The van der Waals surface area contributed by atoms with Crippen LogP contribution in [0, 0.1) is 5.82 Å². The molecule has 3 N–H and O–H groups in total. The summed E-state index contributed by atoms with van der Waals surface area (Å²) in [5, 5.41) is 3.12. The summed E-state index contributed by atoms with van der Waals surface area (Å²) in [6.07, 6.45) is 0.0395. The highest BCUT2D eigenvalue weighted by atomic mass is 79.9. The molecule has 0 fully saturated rings. The van der Waals surface area contributed by atoms with Gasteiger partial charge in [0.15, 0.2) is 0 Å². The summed E-state index contributed by atoms with van der Waals surface area (Å²) in [6, 6.07) is 10.2. The number of hydrogen-bond donors (Lipinski definition) is 2. The quantitative estimate of drug-likeness (QED) is 0.794. The molecule has 0 aliphatic heterocycles. The first-order chi connectivity index (χ1) is 9.45. The van der Waals surface area contributed by atoms with Crippen LogP contribution in [0.1, 0.15) is 13.8 Å². The van der Waals surface area contributed by atoms with Gasteiger partial charge in [-0.15, -0.1) is 0 Å². The first kappa shape index (κ1) is 14.7. The highest BCUT2D eigenvalue weighted by molar-refractivity contribution is 9.10. The van der Waals surface area contributed by atoms with Crippen LogP contribution >= 0.6 is 15.9 Å². The van der Waals surface area contributed by atoms with Crippen molar-refractivity contribution in [1.29, 1.82) is 0 Å². The number of rotatable bonds is 4. The minimum Gasteiger partial charge on any atom is -0.489 e. The van der Waals surface area contributed by atoms with Crippen molar-refractivity contribution in [3.63, 3.8) is 0 Å². The van der Waals surface area contributed by atoms with Crippen molar-refractivity contribution < 1.29 is 9.13 Å². The average molecular weight is 339 g/mol. The lowest BCUT2D eigenvalue weighted by Crippen LogP contribution is -2.07. The topological polar surface area (TPSA) is 47.3 Å². The van der Waals surface area contributed by atoms with Gasteiger partial charge in [0, 0.05) is 17.4 Å². The molecule has 0 saturated heterocycles. The molecule has 0 amide bonds. The number of benzene rings is 2. The van der Waals surface area contributed by atoms with Gasteiger partial charge >= 0.3 is 0 Å². The van der Waals surface area contributed by atoms with Gasteiger partial charge in [0.05, 0.1) is 16.3 Å². The fourth-order valence-corrected chi connectivity index (χ4v) is 1.96. The predicted octanol–water partition coefficient (Wildman–Crippen LogP) is 4.70. The van der Waals surface area contributed by atoms with Crippen molar-refractivity contribution in [2.24, 2.45) is 0 Å². The normalized spacial score (nSPS) is 10.7. The van der Waals surface area contributed by atoms with E-state index >= 15 is 0 Å². The lowest BCUT2D eigenvalue weighted by atomic mass is 10.2. The number of hydrogen-bond acceptors (Lipinski definition) is 3. The third-order valence-electron chi connectivity index (χ3n) is 2.58. The molecular formula is C15H16BrFN2O. The number of ether oxygens (including phenoxy) is 1. The summed E-state index contributed by atoms with van der Waals surface area (Å²) in [6.45, 7) is 3.87. The zero-order chi connectivity index (χ0) is 14.7. The molecule has 3 nitrogen and oxygen atoms in total. The van der Waals surface area contributed by atoms with E-state index in [-0.39, 0.29) is 11.9 Å². The summed E-state index contributed by atoms with van der Waals surface area (Å²) in [5.74, 6) is 0.298. The van der Waals surface area contributed by atoms with E-state index in [4.69, 9.17) is 10.5 Å². The molecule has 0 aliphatic carbocycles. The molecule has 2 aromatic carbocycles. The van der Waals surface area contributed by atoms with Crippen LogP contribution in [0.25, 0.3) is 0 Å². The minimum atomic E-state index is -0.316. The molecule has 0 spiro atoms. The van der Waals surface area contributed by atoms with E-state index in [1.54, 1.807) is 24.3 Å². The Morgan fingerprint density at radius 3 is 2.45 bits per heavy atom. The maximum Gasteiger partial charge on any atom is 0.144 e. The minimum absolute atomic E-state index is 0.0395. The zero-order valence-corrected chi connectivity index (χ0v) is 12.9. The van der Waals surface area contributed by atoms with E-state index in [2.05, 4.69) is 21.2 Å². The van der Waals surface area contributed by atoms with Gasteiger partial charge in [-0.2, -0.15) is 0 Å². The van der Waals surface area contributed by atoms with Crippen molar-refractivity contribution in [1.82, 2.24) is 0 Å². The second kappa shape index (κ2) is 6.13. The average Bonchev–Trinajstić information content (AvgIpc) is 2.37. The predicted molar refractivity (Wildman–Crippen MR) is 84.0 cm³/mol. The Morgan fingerprint density at radius 1 is 1.15 bits per heavy atom. The van der Waals surface area contributed by atoms with E-state index in [0.29, 0.717) is 21.6 Å². The molecule has 106 valence electrons. The van der Waals surface area contributed by atoms with Crippen molar-refractivity contribution in [2.45, 2.75) is 20.0 Å². The summed E-state index contributed by atoms with van der Waals surface area (Å²) < 4.78 is 19.5. The van der Waals surface area contributed by atoms with Crippen LogP contribution in [0.15, 0.2) is 40.9 Å². The Morgan fingerprint density at radius 2 is 1.80 bits per heavy atom. The van der Waals surface area contributed by atoms with Gasteiger partial charge in [0.2, 0.25) is 0 Å². The fraction of sp³-hybridized carbons (Fsp3) is 0.200. The fourth-order valence-electron chi connectivity index (χ4n) is 1.71. The third kappa shape index (κ3) is 3.63. The van der Waals surface area contributed by atoms with Gasteiger partial charge in [-0.1, -0.05) is 0 Å². The van der Waals surface area contributed by atoms with Crippen molar-refractivity contribution in [2.75, 3.05) is 11.1 Å². The summed E-state index contributed by atoms with van der Waals surface area (Å²) in [5.41, 5.74) is 7.88. The molecule has 0 atom stereocenters. The molecular weight excluding hydrogens is 323 g/mol. The molecule has 0 bridgehead atoms. The van der Waals surface area contributed by atoms with Crippen LogP contribution in [0.5, 0.6) is 5.75 Å². The second-order valence-corrected chi connectivity index (χ2v) is 5.53. The van der Waals surface area contributed by atoms with Gasteiger partial charge in [0.25, 0.3) is 0 Å². The molecule has 0 heterocycles. The monoisotopic (exact) mass is 338 g/mol. The lowest BCUT2D eigenvalue weighted by Gasteiger charge is -2.14. The van der Waals surface area contributed by atoms with Gasteiger partial charge in [-0.3, -0.25) is 0 Å². The van der Waals surface area contributed by atoms with Gasteiger partial charge < -0.3 is 15.8 Å². The van der Waals surface area contributed by atoms with E-state index in [0.717, 1.165) is 5.69 Å². The second-order valence-electron chi connectivity index (χ2n) is 4.67. The smallest absolute Gasteiger partial charge is 0.144 e.